The molecule has 1 fully saturated rings. The topological polar surface area (TPSA) is 49.8 Å². The molecular weight excluding hydrogens is 268 g/mol. The van der Waals surface area contributed by atoms with Crippen LogP contribution in [0.15, 0.2) is 39.6 Å². The van der Waals surface area contributed by atoms with Gasteiger partial charge < -0.3 is 13.7 Å². The van der Waals surface area contributed by atoms with Crippen molar-refractivity contribution in [1.82, 2.24) is 9.80 Å². The second kappa shape index (κ2) is 6.18. The largest absolute Gasteiger partial charge is 0.472 e. The summed E-state index contributed by atoms with van der Waals surface area (Å²) in [6.07, 6.45) is 4.02. The van der Waals surface area contributed by atoms with E-state index >= 15 is 0 Å². The highest BCUT2D eigenvalue weighted by atomic mass is 16.3. The second-order valence-electron chi connectivity index (χ2n) is 5.45. The molecule has 5 nitrogen and oxygen atoms in total. The molecule has 0 spiro atoms. The molecule has 0 aromatic carbocycles. The molecule has 0 bridgehead atoms. The molecule has 2 aromatic rings. The van der Waals surface area contributed by atoms with Gasteiger partial charge in [0.05, 0.1) is 18.4 Å². The number of rotatable bonds is 3. The monoisotopic (exact) mass is 288 g/mol. The number of furan rings is 2. The molecule has 0 aliphatic carbocycles. The number of nitrogens with zero attached hydrogens (tertiary/aromatic N) is 2. The molecule has 0 unspecified atom stereocenters. The summed E-state index contributed by atoms with van der Waals surface area (Å²) in [5.74, 6) is 1.98. The summed E-state index contributed by atoms with van der Waals surface area (Å²) in [5.41, 5.74) is 0.630. The van der Waals surface area contributed by atoms with Gasteiger partial charge in [0.1, 0.15) is 17.8 Å². The molecule has 112 valence electrons. The number of carbonyl (C=O) groups is 1. The van der Waals surface area contributed by atoms with Gasteiger partial charge in [0.2, 0.25) is 0 Å². The van der Waals surface area contributed by atoms with Crippen molar-refractivity contribution in [2.75, 3.05) is 26.2 Å². The van der Waals surface area contributed by atoms with E-state index in [1.165, 1.54) is 12.5 Å². The van der Waals surface area contributed by atoms with Gasteiger partial charge in [0.15, 0.2) is 0 Å². The summed E-state index contributed by atoms with van der Waals surface area (Å²) in [6, 6.07) is 5.73. The quantitative estimate of drug-likeness (QED) is 0.871. The number of aryl methyl sites for hydroxylation is 1. The van der Waals surface area contributed by atoms with Crippen LogP contribution < -0.4 is 0 Å². The van der Waals surface area contributed by atoms with E-state index in [9.17, 15) is 4.79 Å². The highest BCUT2D eigenvalue weighted by Gasteiger charge is 2.21. The van der Waals surface area contributed by atoms with Crippen LogP contribution in [0.3, 0.4) is 0 Å². The van der Waals surface area contributed by atoms with E-state index in [4.69, 9.17) is 8.83 Å². The Labute approximate surface area is 124 Å². The highest BCUT2D eigenvalue weighted by molar-refractivity contribution is 5.93. The molecule has 0 radical (unpaired) electrons. The number of hydrogen-bond donors (Lipinski definition) is 0. The van der Waals surface area contributed by atoms with Crippen molar-refractivity contribution >= 4 is 5.91 Å². The van der Waals surface area contributed by atoms with Gasteiger partial charge in [0, 0.05) is 26.2 Å². The van der Waals surface area contributed by atoms with E-state index in [-0.39, 0.29) is 5.91 Å². The Bertz CT molecular complexity index is 588. The van der Waals surface area contributed by atoms with Crippen LogP contribution in [-0.4, -0.2) is 41.9 Å². The first-order chi connectivity index (χ1) is 10.2. The lowest BCUT2D eigenvalue weighted by Gasteiger charge is -2.21. The Kier molecular flexibility index (Phi) is 4.10. The SMILES string of the molecule is Cc1ccc(CN2CCCN(C(=O)c3ccoc3)CC2)o1. The third-order valence-electron chi connectivity index (χ3n) is 3.82. The predicted octanol–water partition coefficient (Wildman–Crippen LogP) is 2.53. The van der Waals surface area contributed by atoms with Crippen molar-refractivity contribution in [1.29, 1.82) is 0 Å². The Morgan fingerprint density at radius 2 is 2.10 bits per heavy atom. The summed E-state index contributed by atoms with van der Waals surface area (Å²) < 4.78 is 10.6. The zero-order chi connectivity index (χ0) is 14.7. The van der Waals surface area contributed by atoms with Crippen LogP contribution in [0.25, 0.3) is 0 Å². The van der Waals surface area contributed by atoms with Crippen molar-refractivity contribution in [3.8, 4) is 0 Å². The van der Waals surface area contributed by atoms with E-state index in [1.807, 2.05) is 24.0 Å². The molecule has 0 N–H and O–H groups in total. The van der Waals surface area contributed by atoms with Crippen molar-refractivity contribution in [3.05, 3.63) is 47.8 Å². The third kappa shape index (κ3) is 3.36. The maximum atomic E-state index is 12.3. The summed E-state index contributed by atoms with van der Waals surface area (Å²) >= 11 is 0. The lowest BCUT2D eigenvalue weighted by Crippen LogP contribution is -2.34. The molecule has 1 amide bonds. The van der Waals surface area contributed by atoms with E-state index in [0.717, 1.165) is 50.7 Å². The van der Waals surface area contributed by atoms with Crippen LogP contribution in [0.4, 0.5) is 0 Å². The van der Waals surface area contributed by atoms with Crippen LogP contribution in [0.5, 0.6) is 0 Å². The van der Waals surface area contributed by atoms with Crippen LogP contribution in [0.1, 0.15) is 28.3 Å². The maximum absolute atomic E-state index is 12.3. The Morgan fingerprint density at radius 1 is 1.19 bits per heavy atom. The fourth-order valence-corrected chi connectivity index (χ4v) is 2.69. The van der Waals surface area contributed by atoms with Gasteiger partial charge in [-0.05, 0) is 31.5 Å². The van der Waals surface area contributed by atoms with E-state index in [2.05, 4.69) is 4.90 Å². The number of carbonyl (C=O) groups excluding carboxylic acids is 1. The molecule has 1 aliphatic rings. The van der Waals surface area contributed by atoms with Crippen LogP contribution >= 0.6 is 0 Å². The molecule has 21 heavy (non-hydrogen) atoms. The fraction of sp³-hybridized carbons (Fsp3) is 0.438. The molecule has 1 saturated heterocycles. The van der Waals surface area contributed by atoms with Crippen LogP contribution in [0.2, 0.25) is 0 Å². The van der Waals surface area contributed by atoms with Crippen molar-refractivity contribution < 1.29 is 13.6 Å². The molecule has 0 atom stereocenters. The predicted molar refractivity (Wildman–Crippen MR) is 78.0 cm³/mol. The Morgan fingerprint density at radius 3 is 2.81 bits per heavy atom. The Hall–Kier alpha value is -2.01. The molecule has 0 saturated carbocycles. The van der Waals surface area contributed by atoms with Gasteiger partial charge in [-0.15, -0.1) is 0 Å². The number of hydrogen-bond acceptors (Lipinski definition) is 4. The van der Waals surface area contributed by atoms with Gasteiger partial charge in [0.25, 0.3) is 5.91 Å². The first kappa shape index (κ1) is 13.9. The minimum absolute atomic E-state index is 0.0550. The summed E-state index contributed by atoms with van der Waals surface area (Å²) in [7, 11) is 0. The van der Waals surface area contributed by atoms with Crippen molar-refractivity contribution in [2.45, 2.75) is 19.9 Å². The maximum Gasteiger partial charge on any atom is 0.257 e. The molecule has 3 rings (SSSR count). The summed E-state index contributed by atoms with van der Waals surface area (Å²) in [4.78, 5) is 16.5. The molecular formula is C16H20N2O3. The normalized spacial score (nSPS) is 16.9. The summed E-state index contributed by atoms with van der Waals surface area (Å²) in [6.45, 7) is 6.14. The van der Waals surface area contributed by atoms with Crippen LogP contribution in [0, 0.1) is 6.92 Å². The van der Waals surface area contributed by atoms with E-state index < -0.39 is 0 Å². The first-order valence-corrected chi connectivity index (χ1v) is 7.31. The average molecular weight is 288 g/mol. The highest BCUT2D eigenvalue weighted by Crippen LogP contribution is 2.13. The summed E-state index contributed by atoms with van der Waals surface area (Å²) in [5, 5.41) is 0. The fourth-order valence-electron chi connectivity index (χ4n) is 2.69. The zero-order valence-electron chi connectivity index (χ0n) is 12.2. The average Bonchev–Trinajstić information content (AvgIpc) is 3.08. The lowest BCUT2D eigenvalue weighted by atomic mass is 10.3. The van der Waals surface area contributed by atoms with Crippen molar-refractivity contribution in [3.63, 3.8) is 0 Å². The standard InChI is InChI=1S/C16H20N2O3/c1-13-3-4-15(21-13)11-17-6-2-7-18(9-8-17)16(19)14-5-10-20-12-14/h3-5,10,12H,2,6-9,11H2,1H3. The molecule has 5 heteroatoms. The van der Waals surface area contributed by atoms with Gasteiger partial charge in [-0.3, -0.25) is 9.69 Å². The van der Waals surface area contributed by atoms with Gasteiger partial charge in [-0.1, -0.05) is 0 Å². The molecule has 1 aliphatic heterocycles. The van der Waals surface area contributed by atoms with Gasteiger partial charge in [-0.25, -0.2) is 0 Å². The molecule has 3 heterocycles. The van der Waals surface area contributed by atoms with Gasteiger partial charge in [-0.2, -0.15) is 0 Å². The lowest BCUT2D eigenvalue weighted by molar-refractivity contribution is 0.0760. The van der Waals surface area contributed by atoms with Gasteiger partial charge >= 0.3 is 0 Å². The third-order valence-corrected chi connectivity index (χ3v) is 3.82. The zero-order valence-corrected chi connectivity index (χ0v) is 12.2. The van der Waals surface area contributed by atoms with Crippen molar-refractivity contribution in [2.24, 2.45) is 0 Å². The number of amides is 1. The van der Waals surface area contributed by atoms with E-state index in [0.29, 0.717) is 5.56 Å². The second-order valence-corrected chi connectivity index (χ2v) is 5.45. The first-order valence-electron chi connectivity index (χ1n) is 7.31. The van der Waals surface area contributed by atoms with E-state index in [1.54, 1.807) is 6.07 Å². The Balaban J connectivity index is 1.58. The minimum Gasteiger partial charge on any atom is -0.472 e. The smallest absolute Gasteiger partial charge is 0.257 e. The minimum atomic E-state index is 0.0550. The van der Waals surface area contributed by atoms with Crippen LogP contribution in [-0.2, 0) is 6.54 Å². The molecule has 2 aromatic heterocycles.